The molecule has 6 heteroatoms. The molecule has 0 bridgehead atoms. The second kappa shape index (κ2) is 6.65. The van der Waals surface area contributed by atoms with Crippen molar-refractivity contribution in [1.82, 2.24) is 10.6 Å². The highest BCUT2D eigenvalue weighted by Gasteiger charge is 2.27. The molecule has 1 aliphatic rings. The molecule has 20 heavy (non-hydrogen) atoms. The number of ether oxygens (including phenoxy) is 1. The van der Waals surface area contributed by atoms with Crippen molar-refractivity contribution >= 4 is 5.91 Å². The van der Waals surface area contributed by atoms with Gasteiger partial charge >= 0.3 is 6.61 Å². The van der Waals surface area contributed by atoms with Crippen LogP contribution in [0.15, 0.2) is 24.3 Å². The van der Waals surface area contributed by atoms with E-state index in [9.17, 15) is 13.6 Å². The van der Waals surface area contributed by atoms with E-state index in [0.29, 0.717) is 24.9 Å². The first-order valence-electron chi connectivity index (χ1n) is 6.69. The fraction of sp³-hybridized carbons (Fsp3) is 0.500. The van der Waals surface area contributed by atoms with Crippen LogP contribution in [0.25, 0.3) is 0 Å². The van der Waals surface area contributed by atoms with Gasteiger partial charge in [0.05, 0.1) is 6.04 Å². The summed E-state index contributed by atoms with van der Waals surface area (Å²) in [6.45, 7) is -0.283. The SMILES string of the molecule is CCC(NC1CCNC1=O)c1ccccc1OC(F)F. The molecule has 1 fully saturated rings. The number of carbonyl (C=O) groups is 1. The second-order valence-electron chi connectivity index (χ2n) is 4.68. The largest absolute Gasteiger partial charge is 0.434 e. The van der Waals surface area contributed by atoms with Crippen molar-refractivity contribution in [3.8, 4) is 5.75 Å². The van der Waals surface area contributed by atoms with Crippen molar-refractivity contribution in [3.63, 3.8) is 0 Å². The van der Waals surface area contributed by atoms with Gasteiger partial charge in [0.1, 0.15) is 5.75 Å². The Morgan fingerprint density at radius 1 is 1.45 bits per heavy atom. The Bertz CT molecular complexity index is 468. The molecule has 0 saturated carbocycles. The maximum absolute atomic E-state index is 12.4. The lowest BCUT2D eigenvalue weighted by Gasteiger charge is -2.23. The van der Waals surface area contributed by atoms with Gasteiger partial charge in [-0.2, -0.15) is 8.78 Å². The van der Waals surface area contributed by atoms with Crippen LogP contribution in [0.5, 0.6) is 5.75 Å². The number of halogens is 2. The van der Waals surface area contributed by atoms with E-state index in [2.05, 4.69) is 15.4 Å². The number of rotatable bonds is 6. The van der Waals surface area contributed by atoms with Crippen molar-refractivity contribution in [2.75, 3.05) is 6.54 Å². The summed E-state index contributed by atoms with van der Waals surface area (Å²) in [6, 6.07) is 6.20. The lowest BCUT2D eigenvalue weighted by molar-refractivity contribution is -0.121. The third kappa shape index (κ3) is 3.45. The van der Waals surface area contributed by atoms with E-state index in [1.54, 1.807) is 18.2 Å². The van der Waals surface area contributed by atoms with E-state index in [1.165, 1.54) is 6.07 Å². The summed E-state index contributed by atoms with van der Waals surface area (Å²) in [4.78, 5) is 11.6. The minimum Gasteiger partial charge on any atom is -0.434 e. The van der Waals surface area contributed by atoms with Crippen LogP contribution in [0.4, 0.5) is 8.78 Å². The number of benzene rings is 1. The number of amides is 1. The van der Waals surface area contributed by atoms with Crippen LogP contribution in [0.2, 0.25) is 0 Å². The smallest absolute Gasteiger partial charge is 0.387 e. The molecular weight excluding hydrogens is 266 g/mol. The lowest BCUT2D eigenvalue weighted by atomic mass is 10.0. The lowest BCUT2D eigenvalue weighted by Crippen LogP contribution is -2.38. The summed E-state index contributed by atoms with van der Waals surface area (Å²) in [6.07, 6.45) is 1.38. The highest BCUT2D eigenvalue weighted by Crippen LogP contribution is 2.29. The third-order valence-corrected chi connectivity index (χ3v) is 3.37. The van der Waals surface area contributed by atoms with Crippen molar-refractivity contribution in [2.45, 2.75) is 38.5 Å². The van der Waals surface area contributed by atoms with Crippen LogP contribution < -0.4 is 15.4 Å². The van der Waals surface area contributed by atoms with Gasteiger partial charge in [-0.25, -0.2) is 0 Å². The number of para-hydroxylation sites is 1. The van der Waals surface area contributed by atoms with E-state index < -0.39 is 6.61 Å². The van der Waals surface area contributed by atoms with E-state index >= 15 is 0 Å². The number of alkyl halides is 2. The predicted octanol–water partition coefficient (Wildman–Crippen LogP) is 2.22. The number of carbonyl (C=O) groups excluding carboxylic acids is 1. The Kier molecular flexibility index (Phi) is 4.89. The molecule has 1 amide bonds. The molecule has 0 aromatic heterocycles. The maximum Gasteiger partial charge on any atom is 0.387 e. The van der Waals surface area contributed by atoms with E-state index in [-0.39, 0.29) is 23.7 Å². The zero-order valence-corrected chi connectivity index (χ0v) is 11.2. The zero-order chi connectivity index (χ0) is 14.5. The molecule has 1 aliphatic heterocycles. The molecule has 1 saturated heterocycles. The van der Waals surface area contributed by atoms with E-state index in [0.717, 1.165) is 0 Å². The summed E-state index contributed by atoms with van der Waals surface area (Å²) in [7, 11) is 0. The molecule has 1 aromatic carbocycles. The Morgan fingerprint density at radius 3 is 2.80 bits per heavy atom. The van der Waals surface area contributed by atoms with Gasteiger partial charge in [0.2, 0.25) is 5.91 Å². The van der Waals surface area contributed by atoms with Crippen LogP contribution in [-0.4, -0.2) is 25.1 Å². The number of nitrogens with one attached hydrogen (secondary N) is 2. The van der Waals surface area contributed by atoms with Crippen LogP contribution in [0.1, 0.15) is 31.4 Å². The Hall–Kier alpha value is -1.69. The Morgan fingerprint density at radius 2 is 2.20 bits per heavy atom. The fourth-order valence-corrected chi connectivity index (χ4v) is 2.40. The monoisotopic (exact) mass is 284 g/mol. The molecule has 0 spiro atoms. The van der Waals surface area contributed by atoms with Gasteiger partial charge in [-0.15, -0.1) is 0 Å². The van der Waals surface area contributed by atoms with Gasteiger partial charge in [0, 0.05) is 18.2 Å². The summed E-state index contributed by atoms with van der Waals surface area (Å²) in [5.41, 5.74) is 0.648. The molecule has 2 N–H and O–H groups in total. The van der Waals surface area contributed by atoms with Crippen molar-refractivity contribution in [2.24, 2.45) is 0 Å². The first-order chi connectivity index (χ1) is 9.61. The number of hydrogen-bond donors (Lipinski definition) is 2. The fourth-order valence-electron chi connectivity index (χ4n) is 2.40. The maximum atomic E-state index is 12.4. The van der Waals surface area contributed by atoms with Gasteiger partial charge in [-0.05, 0) is 18.9 Å². The zero-order valence-electron chi connectivity index (χ0n) is 11.2. The van der Waals surface area contributed by atoms with Gasteiger partial charge in [-0.3, -0.25) is 10.1 Å². The van der Waals surface area contributed by atoms with Gasteiger partial charge in [0.15, 0.2) is 0 Å². The highest BCUT2D eigenvalue weighted by molar-refractivity contribution is 5.83. The molecule has 0 aliphatic carbocycles. The first kappa shape index (κ1) is 14.7. The minimum atomic E-state index is -2.86. The molecule has 110 valence electrons. The molecule has 0 radical (unpaired) electrons. The summed E-state index contributed by atoms with van der Waals surface area (Å²) < 4.78 is 29.4. The molecular formula is C14H18F2N2O2. The van der Waals surface area contributed by atoms with Crippen molar-refractivity contribution < 1.29 is 18.3 Å². The molecule has 2 unspecified atom stereocenters. The van der Waals surface area contributed by atoms with E-state index in [4.69, 9.17) is 0 Å². The van der Waals surface area contributed by atoms with Gasteiger partial charge < -0.3 is 10.1 Å². The Balaban J connectivity index is 2.16. The predicted molar refractivity (Wildman–Crippen MR) is 70.7 cm³/mol. The third-order valence-electron chi connectivity index (χ3n) is 3.37. The minimum absolute atomic E-state index is 0.0456. The summed E-state index contributed by atoms with van der Waals surface area (Å²) in [5, 5.41) is 5.95. The average molecular weight is 284 g/mol. The Labute approximate surface area is 116 Å². The highest BCUT2D eigenvalue weighted by atomic mass is 19.3. The summed E-state index contributed by atoms with van der Waals surface area (Å²) in [5.74, 6) is 0.107. The van der Waals surface area contributed by atoms with Crippen molar-refractivity contribution in [1.29, 1.82) is 0 Å². The standard InChI is InChI=1S/C14H18F2N2O2/c1-2-10(18-11-7-8-17-13(11)19)9-5-3-4-6-12(9)20-14(15)16/h3-6,10-11,14,18H,2,7-8H2,1H3,(H,17,19). The van der Waals surface area contributed by atoms with Crippen LogP contribution in [0.3, 0.4) is 0 Å². The van der Waals surface area contributed by atoms with E-state index in [1.807, 2.05) is 6.92 Å². The summed E-state index contributed by atoms with van der Waals surface area (Å²) >= 11 is 0. The first-order valence-corrected chi connectivity index (χ1v) is 6.69. The topological polar surface area (TPSA) is 50.4 Å². The van der Waals surface area contributed by atoms with Crippen LogP contribution >= 0.6 is 0 Å². The molecule has 1 heterocycles. The van der Waals surface area contributed by atoms with Crippen molar-refractivity contribution in [3.05, 3.63) is 29.8 Å². The normalized spacial score (nSPS) is 20.0. The van der Waals surface area contributed by atoms with Gasteiger partial charge in [-0.1, -0.05) is 25.1 Å². The number of hydrogen-bond acceptors (Lipinski definition) is 3. The van der Waals surface area contributed by atoms with Crippen LogP contribution in [-0.2, 0) is 4.79 Å². The quantitative estimate of drug-likeness (QED) is 0.842. The average Bonchev–Trinajstić information content (AvgIpc) is 2.82. The second-order valence-corrected chi connectivity index (χ2v) is 4.68. The molecule has 1 aromatic rings. The molecule has 4 nitrogen and oxygen atoms in total. The molecule has 2 atom stereocenters. The van der Waals surface area contributed by atoms with Crippen LogP contribution in [0, 0.1) is 0 Å². The molecule has 2 rings (SSSR count). The van der Waals surface area contributed by atoms with Gasteiger partial charge in [0.25, 0.3) is 0 Å².